The first-order valence-corrected chi connectivity index (χ1v) is 21.5. The van der Waals surface area contributed by atoms with Gasteiger partial charge >= 0.3 is 29.8 Å². The van der Waals surface area contributed by atoms with Gasteiger partial charge < -0.3 is 33.2 Å². The Bertz CT molecular complexity index is 2060. The molecule has 1 unspecified atom stereocenters. The molecular formula is C49H56O12. The largest absolute Gasteiger partial charge is 0.493 e. The third-order valence-electron chi connectivity index (χ3n) is 11.1. The maximum absolute atomic E-state index is 13.1. The van der Waals surface area contributed by atoms with Crippen LogP contribution in [0.3, 0.4) is 0 Å². The van der Waals surface area contributed by atoms with Crippen LogP contribution in [0.15, 0.2) is 85.0 Å². The molecule has 12 heteroatoms. The summed E-state index contributed by atoms with van der Waals surface area (Å²) in [5, 5.41) is 0. The van der Waals surface area contributed by atoms with Crippen molar-refractivity contribution >= 4 is 29.8 Å². The fraction of sp³-hybridized carbons (Fsp3) is 0.449. The lowest BCUT2D eigenvalue weighted by molar-refractivity contribution is -0.152. The van der Waals surface area contributed by atoms with Gasteiger partial charge in [-0.1, -0.05) is 45.1 Å². The quantitative estimate of drug-likeness (QED) is 0.0351. The first-order valence-electron chi connectivity index (χ1n) is 21.5. The van der Waals surface area contributed by atoms with Crippen LogP contribution in [0.5, 0.6) is 17.2 Å². The van der Waals surface area contributed by atoms with Crippen LogP contribution >= 0.6 is 0 Å². The van der Waals surface area contributed by atoms with E-state index in [1.807, 2.05) is 30.3 Å². The predicted octanol–water partition coefficient (Wildman–Crippen LogP) is 9.31. The Hall–Kier alpha value is -5.91. The summed E-state index contributed by atoms with van der Waals surface area (Å²) in [5.41, 5.74) is 4.75. The molecule has 3 aromatic rings. The van der Waals surface area contributed by atoms with E-state index in [9.17, 15) is 24.0 Å². The SMILES string of the molecule is C=C(CC(=O)OC1CCCCC1)C(=O)OCCCOc1ccc(C(=O)Oc2ccc3c(c2)C(C)c2cc(OCCCOC(=O)C(=C)CC(=O)OC4CCCCC4)ccc2-3)cc1. The zero-order chi connectivity index (χ0) is 43.1. The standard InChI is InChI=1S/C49H56O12/c1-32(28-45(50)59-37-12-6-4-7-13-37)47(52)57-26-10-24-55-36-18-16-35(17-19-36)49(54)61-40-21-23-42-41-22-20-39(30-43(41)34(3)44(42)31-40)56-25-11-27-58-48(53)33(2)29-46(51)60-38-14-8-5-9-15-38/h16-23,30-31,34,37-38H,1-2,4-15,24-29H2,3H3. The molecule has 61 heavy (non-hydrogen) atoms. The van der Waals surface area contributed by atoms with Crippen molar-refractivity contribution in [2.24, 2.45) is 0 Å². The summed E-state index contributed by atoms with van der Waals surface area (Å²) in [6.45, 7) is 10.3. The molecule has 0 saturated heterocycles. The summed E-state index contributed by atoms with van der Waals surface area (Å²) in [6, 6.07) is 18.1. The summed E-state index contributed by atoms with van der Waals surface area (Å²) in [4.78, 5) is 62.0. The number of esters is 5. The Morgan fingerprint density at radius 2 is 1.00 bits per heavy atom. The van der Waals surface area contributed by atoms with E-state index in [1.54, 1.807) is 30.3 Å². The van der Waals surface area contributed by atoms with Gasteiger partial charge in [-0.05, 0) is 122 Å². The van der Waals surface area contributed by atoms with Crippen LogP contribution < -0.4 is 14.2 Å². The van der Waals surface area contributed by atoms with Crippen LogP contribution in [-0.4, -0.2) is 68.5 Å². The minimum atomic E-state index is -0.633. The van der Waals surface area contributed by atoms with Crippen LogP contribution in [0.1, 0.15) is 124 Å². The van der Waals surface area contributed by atoms with E-state index in [-0.39, 0.29) is 61.9 Å². The van der Waals surface area contributed by atoms with E-state index in [1.165, 1.54) is 0 Å². The van der Waals surface area contributed by atoms with E-state index in [2.05, 4.69) is 20.1 Å². The molecule has 2 saturated carbocycles. The second-order valence-corrected chi connectivity index (χ2v) is 15.9. The molecule has 0 radical (unpaired) electrons. The molecule has 0 aromatic heterocycles. The Labute approximate surface area is 357 Å². The second-order valence-electron chi connectivity index (χ2n) is 15.9. The van der Waals surface area contributed by atoms with Gasteiger partial charge in [0.2, 0.25) is 0 Å². The summed E-state index contributed by atoms with van der Waals surface area (Å²) >= 11 is 0. The Morgan fingerprint density at radius 1 is 0.557 bits per heavy atom. The van der Waals surface area contributed by atoms with Gasteiger partial charge in [-0.25, -0.2) is 14.4 Å². The zero-order valence-electron chi connectivity index (χ0n) is 35.0. The fourth-order valence-electron chi connectivity index (χ4n) is 7.81. The molecule has 324 valence electrons. The number of benzene rings is 3. The molecule has 0 aliphatic heterocycles. The number of carbonyl (C=O) groups excluding carboxylic acids is 5. The first-order chi connectivity index (χ1) is 29.5. The molecule has 0 bridgehead atoms. The number of hydrogen-bond acceptors (Lipinski definition) is 12. The van der Waals surface area contributed by atoms with Crippen molar-refractivity contribution in [3.63, 3.8) is 0 Å². The third-order valence-corrected chi connectivity index (χ3v) is 11.1. The van der Waals surface area contributed by atoms with Crippen molar-refractivity contribution in [3.8, 4) is 28.4 Å². The highest BCUT2D eigenvalue weighted by atomic mass is 16.6. The highest BCUT2D eigenvalue weighted by Gasteiger charge is 2.27. The van der Waals surface area contributed by atoms with Gasteiger partial charge in [0.1, 0.15) is 29.5 Å². The topological polar surface area (TPSA) is 150 Å². The Balaban J connectivity index is 0.873. The maximum Gasteiger partial charge on any atom is 0.343 e. The summed E-state index contributed by atoms with van der Waals surface area (Å²) in [5.74, 6) is -0.969. The lowest BCUT2D eigenvalue weighted by atomic mass is 9.98. The number of hydrogen-bond donors (Lipinski definition) is 0. The van der Waals surface area contributed by atoms with Crippen LogP contribution in [0.25, 0.3) is 11.1 Å². The number of ether oxygens (including phenoxy) is 7. The summed E-state index contributed by atoms with van der Waals surface area (Å²) < 4.78 is 38.9. The van der Waals surface area contributed by atoms with Gasteiger partial charge in [0.05, 0.1) is 44.8 Å². The van der Waals surface area contributed by atoms with E-state index in [4.69, 9.17) is 33.2 Å². The lowest BCUT2D eigenvalue weighted by Gasteiger charge is -2.21. The lowest BCUT2D eigenvalue weighted by Crippen LogP contribution is -2.22. The van der Waals surface area contributed by atoms with Gasteiger partial charge in [-0.2, -0.15) is 0 Å². The van der Waals surface area contributed by atoms with E-state index in [0.29, 0.717) is 42.3 Å². The molecule has 0 amide bonds. The molecule has 3 aliphatic rings. The van der Waals surface area contributed by atoms with Crippen molar-refractivity contribution < 1.29 is 57.1 Å². The normalized spacial score (nSPS) is 16.0. The van der Waals surface area contributed by atoms with Crippen LogP contribution in [0, 0.1) is 0 Å². The van der Waals surface area contributed by atoms with Gasteiger partial charge in [-0.15, -0.1) is 0 Å². The van der Waals surface area contributed by atoms with E-state index >= 15 is 0 Å². The molecule has 3 aromatic carbocycles. The number of fused-ring (bicyclic) bond motifs is 3. The fourth-order valence-corrected chi connectivity index (χ4v) is 7.81. The van der Waals surface area contributed by atoms with Crippen molar-refractivity contribution in [2.45, 2.75) is 115 Å². The molecule has 0 heterocycles. The van der Waals surface area contributed by atoms with Crippen molar-refractivity contribution in [3.05, 3.63) is 102 Å². The molecule has 6 rings (SSSR count). The first kappa shape index (κ1) is 44.6. The Morgan fingerprint density at radius 3 is 1.51 bits per heavy atom. The minimum Gasteiger partial charge on any atom is -0.493 e. The maximum atomic E-state index is 13.1. The van der Waals surface area contributed by atoms with Gasteiger partial charge in [0.25, 0.3) is 0 Å². The van der Waals surface area contributed by atoms with E-state index < -0.39 is 29.8 Å². The van der Waals surface area contributed by atoms with Crippen molar-refractivity contribution in [2.75, 3.05) is 26.4 Å². The van der Waals surface area contributed by atoms with Gasteiger partial charge in [0.15, 0.2) is 0 Å². The van der Waals surface area contributed by atoms with Gasteiger partial charge in [0, 0.05) is 29.9 Å². The van der Waals surface area contributed by atoms with Crippen molar-refractivity contribution in [1.29, 1.82) is 0 Å². The second kappa shape index (κ2) is 22.1. The van der Waals surface area contributed by atoms with Crippen LogP contribution in [-0.2, 0) is 38.1 Å². The molecule has 0 N–H and O–H groups in total. The molecule has 0 spiro atoms. The smallest absolute Gasteiger partial charge is 0.343 e. The number of carbonyl (C=O) groups is 5. The number of rotatable bonds is 20. The average Bonchev–Trinajstić information content (AvgIpc) is 3.53. The Kier molecular flexibility index (Phi) is 16.2. The summed E-state index contributed by atoms with van der Waals surface area (Å²) in [7, 11) is 0. The average molecular weight is 837 g/mol. The minimum absolute atomic E-state index is 0.0255. The van der Waals surface area contributed by atoms with Crippen LogP contribution in [0.2, 0.25) is 0 Å². The molecular weight excluding hydrogens is 781 g/mol. The molecule has 2 fully saturated rings. The van der Waals surface area contributed by atoms with Crippen LogP contribution in [0.4, 0.5) is 0 Å². The third kappa shape index (κ3) is 13.0. The highest BCUT2D eigenvalue weighted by Crippen LogP contribution is 2.47. The monoisotopic (exact) mass is 836 g/mol. The molecule has 1 atom stereocenters. The van der Waals surface area contributed by atoms with Crippen molar-refractivity contribution in [1.82, 2.24) is 0 Å². The molecule has 3 aliphatic carbocycles. The van der Waals surface area contributed by atoms with Gasteiger partial charge in [-0.3, -0.25) is 9.59 Å². The zero-order valence-corrected chi connectivity index (χ0v) is 35.0. The predicted molar refractivity (Wildman–Crippen MR) is 226 cm³/mol. The van der Waals surface area contributed by atoms with E-state index in [0.717, 1.165) is 86.5 Å². The summed E-state index contributed by atoms with van der Waals surface area (Å²) in [6.07, 6.45) is 10.3. The molecule has 12 nitrogen and oxygen atoms in total. The highest BCUT2D eigenvalue weighted by molar-refractivity contribution is 5.94.